The fraction of sp³-hybridized carbons (Fsp3) is 0.875. The molecule has 4 nitrogen and oxygen atoms in total. The van der Waals surface area contributed by atoms with Gasteiger partial charge in [0.05, 0.1) is 0 Å². The van der Waals surface area contributed by atoms with Gasteiger partial charge < -0.3 is 10.2 Å². The number of aliphatic carboxylic acids is 2. The number of hydrogen-bond donors (Lipinski definition) is 2. The minimum Gasteiger partial charge on any atom is -0.481 e. The van der Waals surface area contributed by atoms with Crippen molar-refractivity contribution in [3.05, 3.63) is 24.3 Å². The van der Waals surface area contributed by atoms with E-state index < -0.39 is 11.9 Å². The van der Waals surface area contributed by atoms with E-state index in [0.29, 0.717) is 6.42 Å². The van der Waals surface area contributed by atoms with Gasteiger partial charge in [-0.05, 0) is 44.9 Å². The number of carboxylic acids is 2. The van der Waals surface area contributed by atoms with E-state index in [-0.39, 0.29) is 0 Å². The van der Waals surface area contributed by atoms with Crippen molar-refractivity contribution < 1.29 is 19.8 Å². The maximum absolute atomic E-state index is 10.4. The van der Waals surface area contributed by atoms with Crippen LogP contribution in [0.3, 0.4) is 0 Å². The number of carboxylic acid groups (broad SMARTS) is 2. The molecule has 0 saturated heterocycles. The van der Waals surface area contributed by atoms with Gasteiger partial charge in [0.2, 0.25) is 0 Å². The Morgan fingerprint density at radius 1 is 0.327 bits per heavy atom. The number of unbranched alkanes of at least 4 members (excludes halogenated alkanes) is 36. The van der Waals surface area contributed by atoms with Gasteiger partial charge in [0.25, 0.3) is 0 Å². The Morgan fingerprint density at radius 2 is 0.558 bits per heavy atom. The molecule has 0 spiro atoms. The summed E-state index contributed by atoms with van der Waals surface area (Å²) in [7, 11) is 0. The summed E-state index contributed by atoms with van der Waals surface area (Å²) in [5.74, 6) is -1.49. The molecule has 0 aromatic rings. The predicted molar refractivity (Wildman–Crippen MR) is 230 cm³/mol. The van der Waals surface area contributed by atoms with Crippen LogP contribution < -0.4 is 0 Å². The van der Waals surface area contributed by atoms with Crippen LogP contribution in [0.5, 0.6) is 0 Å². The van der Waals surface area contributed by atoms with Crippen LogP contribution in [-0.2, 0) is 9.59 Å². The average molecular weight is 733 g/mol. The number of carbonyl (C=O) groups is 2. The SMILES string of the molecule is CCCCCCCC/C=C\CCCCCCCCCCCCCC(=O)O.CCCCCCCCCCCCCCCCCCCCCC=CC(=O)O. The molecule has 0 unspecified atom stereocenters. The number of hydrogen-bond acceptors (Lipinski definition) is 2. The topological polar surface area (TPSA) is 74.6 Å². The predicted octanol–water partition coefficient (Wildman–Crippen LogP) is 16.9. The highest BCUT2D eigenvalue weighted by atomic mass is 16.4. The molecule has 0 amide bonds. The molecular weight excluding hydrogens is 641 g/mol. The second-order valence-corrected chi connectivity index (χ2v) is 15.7. The van der Waals surface area contributed by atoms with E-state index >= 15 is 0 Å². The molecule has 2 N–H and O–H groups in total. The molecule has 308 valence electrons. The summed E-state index contributed by atoms with van der Waals surface area (Å²) in [5.41, 5.74) is 0. The van der Waals surface area contributed by atoms with E-state index in [1.165, 1.54) is 231 Å². The molecule has 0 fully saturated rings. The maximum Gasteiger partial charge on any atom is 0.327 e. The Balaban J connectivity index is 0. The Morgan fingerprint density at radius 3 is 0.808 bits per heavy atom. The van der Waals surface area contributed by atoms with Gasteiger partial charge in [0.15, 0.2) is 0 Å². The molecule has 0 atom stereocenters. The van der Waals surface area contributed by atoms with Gasteiger partial charge in [-0.3, -0.25) is 4.79 Å². The van der Waals surface area contributed by atoms with Crippen LogP contribution in [-0.4, -0.2) is 22.2 Å². The van der Waals surface area contributed by atoms with Crippen LogP contribution in [0.1, 0.15) is 271 Å². The summed E-state index contributed by atoms with van der Waals surface area (Å²) in [5, 5.41) is 17.1. The third kappa shape index (κ3) is 55.2. The molecule has 0 bridgehead atoms. The molecule has 0 aliphatic carbocycles. The summed E-state index contributed by atoms with van der Waals surface area (Å²) >= 11 is 0. The number of allylic oxidation sites excluding steroid dienone is 3. The number of rotatable bonds is 42. The van der Waals surface area contributed by atoms with Crippen LogP contribution >= 0.6 is 0 Å². The van der Waals surface area contributed by atoms with Crippen LogP contribution in [0.4, 0.5) is 0 Å². The zero-order chi connectivity index (χ0) is 38.3. The Bertz CT molecular complexity index is 743. The molecule has 0 saturated carbocycles. The molecule has 0 aliphatic rings. The lowest BCUT2D eigenvalue weighted by Gasteiger charge is -2.03. The summed E-state index contributed by atoms with van der Waals surface area (Å²) in [6, 6.07) is 0. The molecule has 0 aliphatic heterocycles. The zero-order valence-electron chi connectivity index (χ0n) is 35.3. The molecule has 52 heavy (non-hydrogen) atoms. The lowest BCUT2D eigenvalue weighted by atomic mass is 10.0. The van der Waals surface area contributed by atoms with Crippen molar-refractivity contribution in [1.82, 2.24) is 0 Å². The summed E-state index contributed by atoms with van der Waals surface area (Å²) in [6.07, 6.45) is 60.5. The van der Waals surface area contributed by atoms with Crippen molar-refractivity contribution in [3.63, 3.8) is 0 Å². The van der Waals surface area contributed by atoms with Gasteiger partial charge in [0.1, 0.15) is 0 Å². The Kier molecular flexibility index (Phi) is 49.9. The monoisotopic (exact) mass is 733 g/mol. The largest absolute Gasteiger partial charge is 0.481 e. The van der Waals surface area contributed by atoms with Gasteiger partial charge in [-0.25, -0.2) is 4.79 Å². The van der Waals surface area contributed by atoms with Gasteiger partial charge >= 0.3 is 11.9 Å². The van der Waals surface area contributed by atoms with Crippen LogP contribution in [0.25, 0.3) is 0 Å². The molecule has 4 heteroatoms. The lowest BCUT2D eigenvalue weighted by molar-refractivity contribution is -0.137. The second-order valence-electron chi connectivity index (χ2n) is 15.7. The zero-order valence-corrected chi connectivity index (χ0v) is 35.3. The third-order valence-corrected chi connectivity index (χ3v) is 10.4. The lowest BCUT2D eigenvalue weighted by Crippen LogP contribution is -1.93. The molecule has 0 aromatic heterocycles. The summed E-state index contributed by atoms with van der Waals surface area (Å²) in [6.45, 7) is 4.56. The van der Waals surface area contributed by atoms with E-state index in [1.807, 2.05) is 0 Å². The van der Waals surface area contributed by atoms with Crippen molar-refractivity contribution in [1.29, 1.82) is 0 Å². The van der Waals surface area contributed by atoms with Gasteiger partial charge in [-0.15, -0.1) is 0 Å². The highest BCUT2D eigenvalue weighted by Gasteiger charge is 1.98. The highest BCUT2D eigenvalue weighted by Crippen LogP contribution is 2.16. The van der Waals surface area contributed by atoms with E-state index in [2.05, 4.69) is 26.0 Å². The van der Waals surface area contributed by atoms with Crippen molar-refractivity contribution in [3.8, 4) is 0 Å². The van der Waals surface area contributed by atoms with Crippen molar-refractivity contribution in [2.24, 2.45) is 0 Å². The van der Waals surface area contributed by atoms with Gasteiger partial charge in [-0.1, -0.05) is 238 Å². The maximum atomic E-state index is 10.4. The van der Waals surface area contributed by atoms with E-state index in [1.54, 1.807) is 6.08 Å². The van der Waals surface area contributed by atoms with Crippen LogP contribution in [0.2, 0.25) is 0 Å². The third-order valence-electron chi connectivity index (χ3n) is 10.4. The first-order chi connectivity index (χ1) is 25.5. The fourth-order valence-corrected chi connectivity index (χ4v) is 6.93. The Hall–Kier alpha value is -1.58. The Labute approximate surface area is 325 Å². The second kappa shape index (κ2) is 49.4. The molecular formula is C48H92O4. The first kappa shape index (κ1) is 52.5. The first-order valence-electron chi connectivity index (χ1n) is 23.3. The summed E-state index contributed by atoms with van der Waals surface area (Å²) < 4.78 is 0. The van der Waals surface area contributed by atoms with Gasteiger partial charge in [0, 0.05) is 12.5 Å². The smallest absolute Gasteiger partial charge is 0.327 e. The summed E-state index contributed by atoms with van der Waals surface area (Å²) in [4.78, 5) is 20.7. The molecule has 0 radical (unpaired) electrons. The van der Waals surface area contributed by atoms with Crippen molar-refractivity contribution in [2.75, 3.05) is 0 Å². The van der Waals surface area contributed by atoms with Crippen LogP contribution in [0, 0.1) is 0 Å². The van der Waals surface area contributed by atoms with E-state index in [4.69, 9.17) is 10.2 Å². The van der Waals surface area contributed by atoms with E-state index in [9.17, 15) is 9.59 Å². The van der Waals surface area contributed by atoms with E-state index in [0.717, 1.165) is 25.7 Å². The molecule has 0 heterocycles. The van der Waals surface area contributed by atoms with Crippen molar-refractivity contribution in [2.45, 2.75) is 271 Å². The van der Waals surface area contributed by atoms with Crippen molar-refractivity contribution >= 4 is 11.9 Å². The van der Waals surface area contributed by atoms with Gasteiger partial charge in [-0.2, -0.15) is 0 Å². The minimum absolute atomic E-state index is 0.342. The fourth-order valence-electron chi connectivity index (χ4n) is 6.93. The average Bonchev–Trinajstić information content (AvgIpc) is 3.13. The highest BCUT2D eigenvalue weighted by molar-refractivity contribution is 5.79. The molecule has 0 aromatic carbocycles. The standard InChI is InChI=1S/2C24H46O2/c2*1-2-3-4-5-6-7-8-9-10-11-12-13-14-15-16-17-18-19-20-21-22-23-24(25)26/h22-23H,2-21H2,1H3,(H,25,26);9-10H,2-8,11-23H2,1H3,(H,25,26)/b;10-9-. The normalized spacial score (nSPS) is 11.4. The molecule has 0 rings (SSSR count). The minimum atomic E-state index is -0.831. The first-order valence-corrected chi connectivity index (χ1v) is 23.3. The quantitative estimate of drug-likeness (QED) is 0.0372. The van der Waals surface area contributed by atoms with Crippen LogP contribution in [0.15, 0.2) is 24.3 Å².